The van der Waals surface area contributed by atoms with Gasteiger partial charge in [-0.1, -0.05) is 15.9 Å². The van der Waals surface area contributed by atoms with Crippen LogP contribution in [0.4, 0.5) is 5.69 Å². The van der Waals surface area contributed by atoms with E-state index in [1.807, 2.05) is 0 Å². The highest BCUT2D eigenvalue weighted by atomic mass is 79.9. The summed E-state index contributed by atoms with van der Waals surface area (Å²) in [5.74, 6) is 0. The zero-order valence-corrected chi connectivity index (χ0v) is 10.4. The van der Waals surface area contributed by atoms with Crippen LogP contribution in [0.2, 0.25) is 0 Å². The second-order valence-corrected chi connectivity index (χ2v) is 6.06. The van der Waals surface area contributed by atoms with Crippen molar-refractivity contribution in [3.8, 4) is 0 Å². The standard InChI is InChI=1S/C6H6Br2N2O2S/c7-4-13(11,12)10-6-1-2-9-3-5(6)8/h1-3H,4H2,(H,9,10). The molecule has 1 aromatic heterocycles. The van der Waals surface area contributed by atoms with Gasteiger partial charge in [-0.2, -0.15) is 0 Å². The molecule has 0 saturated heterocycles. The summed E-state index contributed by atoms with van der Waals surface area (Å²) < 4.78 is 25.1. The molecule has 0 saturated carbocycles. The lowest BCUT2D eigenvalue weighted by molar-refractivity contribution is 0.606. The Morgan fingerprint density at radius 1 is 1.54 bits per heavy atom. The van der Waals surface area contributed by atoms with Crippen molar-refractivity contribution < 1.29 is 8.42 Å². The first-order valence-electron chi connectivity index (χ1n) is 3.21. The van der Waals surface area contributed by atoms with Crippen molar-refractivity contribution in [2.45, 2.75) is 0 Å². The number of aromatic nitrogens is 1. The summed E-state index contributed by atoms with van der Waals surface area (Å²) in [5, 5.41) is 0. The highest BCUT2D eigenvalue weighted by molar-refractivity contribution is 9.11. The first kappa shape index (κ1) is 10.9. The van der Waals surface area contributed by atoms with Gasteiger partial charge in [0.2, 0.25) is 10.0 Å². The van der Waals surface area contributed by atoms with Gasteiger partial charge in [0.15, 0.2) is 0 Å². The number of rotatable bonds is 3. The number of sulfonamides is 1. The first-order valence-corrected chi connectivity index (χ1v) is 6.78. The van der Waals surface area contributed by atoms with E-state index in [4.69, 9.17) is 0 Å². The molecule has 0 bridgehead atoms. The van der Waals surface area contributed by atoms with Crippen LogP contribution >= 0.6 is 31.9 Å². The van der Waals surface area contributed by atoms with Gasteiger partial charge in [0.25, 0.3) is 0 Å². The quantitative estimate of drug-likeness (QED) is 0.862. The van der Waals surface area contributed by atoms with Crippen LogP contribution < -0.4 is 4.72 Å². The van der Waals surface area contributed by atoms with E-state index in [1.54, 1.807) is 6.07 Å². The second-order valence-electron chi connectivity index (χ2n) is 2.18. The van der Waals surface area contributed by atoms with Gasteiger partial charge in [-0.3, -0.25) is 9.71 Å². The van der Waals surface area contributed by atoms with Gasteiger partial charge in [0.1, 0.15) is 4.66 Å². The largest absolute Gasteiger partial charge is 0.282 e. The summed E-state index contributed by atoms with van der Waals surface area (Å²) in [6.45, 7) is 0. The highest BCUT2D eigenvalue weighted by Crippen LogP contribution is 2.21. The smallest absolute Gasteiger partial charge is 0.242 e. The monoisotopic (exact) mass is 328 g/mol. The summed E-state index contributed by atoms with van der Waals surface area (Å²) >= 11 is 6.04. The molecule has 0 radical (unpaired) electrons. The number of nitrogens with one attached hydrogen (secondary N) is 1. The van der Waals surface area contributed by atoms with Gasteiger partial charge in [-0.05, 0) is 22.0 Å². The fourth-order valence-corrected chi connectivity index (χ4v) is 2.04. The van der Waals surface area contributed by atoms with E-state index in [2.05, 4.69) is 41.6 Å². The lowest BCUT2D eigenvalue weighted by atomic mass is 10.4. The fraction of sp³-hybridized carbons (Fsp3) is 0.167. The molecular formula is C6H6Br2N2O2S. The maximum Gasteiger partial charge on any atom is 0.242 e. The van der Waals surface area contributed by atoms with Gasteiger partial charge >= 0.3 is 0 Å². The summed E-state index contributed by atoms with van der Waals surface area (Å²) in [6, 6.07) is 1.57. The predicted molar refractivity (Wildman–Crippen MR) is 58.3 cm³/mol. The SMILES string of the molecule is O=S(=O)(CBr)Nc1ccncc1Br. The van der Waals surface area contributed by atoms with Crippen molar-refractivity contribution in [2.24, 2.45) is 0 Å². The molecule has 13 heavy (non-hydrogen) atoms. The highest BCUT2D eigenvalue weighted by Gasteiger charge is 2.09. The maximum atomic E-state index is 11.1. The number of nitrogens with zero attached hydrogens (tertiary/aromatic N) is 1. The van der Waals surface area contributed by atoms with E-state index in [0.29, 0.717) is 10.2 Å². The normalized spacial score (nSPS) is 11.2. The first-order chi connectivity index (χ1) is 6.05. The van der Waals surface area contributed by atoms with E-state index < -0.39 is 10.0 Å². The van der Waals surface area contributed by atoms with Crippen LogP contribution in [0.15, 0.2) is 22.9 Å². The molecular weight excluding hydrogens is 324 g/mol. The summed E-state index contributed by atoms with van der Waals surface area (Å²) in [5.41, 5.74) is 0.481. The van der Waals surface area contributed by atoms with Crippen LogP contribution in [0.1, 0.15) is 0 Å². The van der Waals surface area contributed by atoms with Crippen LogP contribution in [0.5, 0.6) is 0 Å². The van der Waals surface area contributed by atoms with Gasteiger partial charge in [0.05, 0.1) is 10.2 Å². The van der Waals surface area contributed by atoms with Crippen LogP contribution in [0.3, 0.4) is 0 Å². The van der Waals surface area contributed by atoms with Gasteiger partial charge < -0.3 is 0 Å². The third kappa shape index (κ3) is 3.24. The number of halogens is 2. The van der Waals surface area contributed by atoms with Crippen molar-refractivity contribution >= 4 is 47.6 Å². The van der Waals surface area contributed by atoms with Crippen LogP contribution in [0.25, 0.3) is 0 Å². The molecule has 1 N–H and O–H groups in total. The average molecular weight is 330 g/mol. The molecule has 0 aromatic carbocycles. The summed E-state index contributed by atoms with van der Waals surface area (Å²) in [4.78, 5) is 3.81. The third-order valence-electron chi connectivity index (χ3n) is 1.18. The molecule has 1 aromatic rings. The van der Waals surface area contributed by atoms with Crippen molar-refractivity contribution in [3.05, 3.63) is 22.9 Å². The number of anilines is 1. The molecule has 0 aliphatic heterocycles. The molecule has 0 aliphatic rings. The minimum absolute atomic E-state index is 0.130. The van der Waals surface area contributed by atoms with E-state index in [9.17, 15) is 8.42 Å². The number of hydrogen-bond acceptors (Lipinski definition) is 3. The van der Waals surface area contributed by atoms with Crippen LogP contribution in [-0.4, -0.2) is 18.1 Å². The number of hydrogen-bond donors (Lipinski definition) is 1. The Morgan fingerprint density at radius 3 is 2.77 bits per heavy atom. The maximum absolute atomic E-state index is 11.1. The lowest BCUT2D eigenvalue weighted by Gasteiger charge is -2.05. The summed E-state index contributed by atoms with van der Waals surface area (Å²) in [6.07, 6.45) is 3.03. The number of pyridine rings is 1. The van der Waals surface area contributed by atoms with E-state index in [-0.39, 0.29) is 4.66 Å². The minimum Gasteiger partial charge on any atom is -0.282 e. The summed E-state index contributed by atoms with van der Waals surface area (Å²) in [7, 11) is -3.29. The minimum atomic E-state index is -3.29. The molecule has 72 valence electrons. The molecule has 0 atom stereocenters. The molecule has 1 heterocycles. The van der Waals surface area contributed by atoms with Crippen molar-refractivity contribution in [2.75, 3.05) is 9.38 Å². The Kier molecular flexibility index (Phi) is 3.69. The van der Waals surface area contributed by atoms with Crippen LogP contribution in [0, 0.1) is 0 Å². The zero-order chi connectivity index (χ0) is 9.90. The molecule has 0 fully saturated rings. The Hall–Kier alpha value is -0.140. The van der Waals surface area contributed by atoms with Crippen molar-refractivity contribution in [3.63, 3.8) is 0 Å². The Balaban J connectivity index is 2.93. The van der Waals surface area contributed by atoms with Crippen molar-refractivity contribution in [1.29, 1.82) is 0 Å². The molecule has 0 unspecified atom stereocenters. The molecule has 0 aliphatic carbocycles. The Labute approximate surface area is 93.1 Å². The molecule has 7 heteroatoms. The Morgan fingerprint density at radius 2 is 2.23 bits per heavy atom. The van der Waals surface area contributed by atoms with E-state index >= 15 is 0 Å². The van der Waals surface area contributed by atoms with E-state index in [0.717, 1.165) is 0 Å². The van der Waals surface area contributed by atoms with Gasteiger partial charge in [-0.15, -0.1) is 0 Å². The third-order valence-corrected chi connectivity index (χ3v) is 4.44. The average Bonchev–Trinajstić information content (AvgIpc) is 2.09. The Bertz CT molecular complexity index is 393. The molecule has 0 amide bonds. The van der Waals surface area contributed by atoms with Crippen molar-refractivity contribution in [1.82, 2.24) is 4.98 Å². The number of alkyl halides is 1. The van der Waals surface area contributed by atoms with Gasteiger partial charge in [-0.25, -0.2) is 8.42 Å². The predicted octanol–water partition coefficient (Wildman–Crippen LogP) is 1.94. The second kappa shape index (κ2) is 4.39. The van der Waals surface area contributed by atoms with Gasteiger partial charge in [0, 0.05) is 12.4 Å². The topological polar surface area (TPSA) is 59.1 Å². The molecule has 4 nitrogen and oxygen atoms in total. The molecule has 1 rings (SSSR count). The van der Waals surface area contributed by atoms with E-state index in [1.165, 1.54) is 12.4 Å². The van der Waals surface area contributed by atoms with Crippen LogP contribution in [-0.2, 0) is 10.0 Å². The molecule has 0 spiro atoms. The lowest BCUT2D eigenvalue weighted by Crippen LogP contribution is -2.13. The zero-order valence-electron chi connectivity index (χ0n) is 6.37. The fourth-order valence-electron chi connectivity index (χ4n) is 0.653.